The Morgan fingerprint density at radius 3 is 2.35 bits per heavy atom. The average Bonchev–Trinajstić information content (AvgIpc) is 2.49. The van der Waals surface area contributed by atoms with Crippen molar-refractivity contribution in [3.63, 3.8) is 0 Å². The molecule has 4 nitrogen and oxygen atoms in total. The second kappa shape index (κ2) is 6.39. The van der Waals surface area contributed by atoms with Gasteiger partial charge in [-0.05, 0) is 24.6 Å². The molecule has 0 aliphatic rings. The van der Waals surface area contributed by atoms with E-state index in [1.54, 1.807) is 12.1 Å². The maximum atomic E-state index is 8.76. The van der Waals surface area contributed by atoms with Crippen LogP contribution in [0.2, 0.25) is 0 Å². The first-order chi connectivity index (χ1) is 9.72. The third-order valence-electron chi connectivity index (χ3n) is 2.86. The first-order valence-electron chi connectivity index (χ1n) is 6.14. The fourth-order valence-electron chi connectivity index (χ4n) is 1.70. The molecule has 0 bridgehead atoms. The van der Waals surface area contributed by atoms with Crippen LogP contribution in [0.5, 0.6) is 5.75 Å². The number of oxime groups is 1. The van der Waals surface area contributed by atoms with Crippen molar-refractivity contribution in [3.8, 4) is 11.8 Å². The summed E-state index contributed by atoms with van der Waals surface area (Å²) in [6.07, 6.45) is 0. The number of hydrogen-bond donors (Lipinski definition) is 1. The number of aryl methyl sites for hydroxylation is 1. The fraction of sp³-hybridized carbons (Fsp3) is 0.125. The Morgan fingerprint density at radius 1 is 1.15 bits per heavy atom. The summed E-state index contributed by atoms with van der Waals surface area (Å²) in [6.45, 7) is 2.47. The summed E-state index contributed by atoms with van der Waals surface area (Å²) < 4.78 is 5.66. The molecule has 0 aliphatic carbocycles. The largest absolute Gasteiger partial charge is 0.489 e. The zero-order chi connectivity index (χ0) is 14.4. The highest BCUT2D eigenvalue weighted by Crippen LogP contribution is 2.14. The average molecular weight is 266 g/mol. The van der Waals surface area contributed by atoms with E-state index >= 15 is 0 Å². The van der Waals surface area contributed by atoms with Crippen LogP contribution in [0.25, 0.3) is 0 Å². The molecule has 0 aromatic heterocycles. The van der Waals surface area contributed by atoms with Crippen LogP contribution in [0.1, 0.15) is 16.7 Å². The van der Waals surface area contributed by atoms with Crippen molar-refractivity contribution in [1.29, 1.82) is 5.26 Å². The van der Waals surface area contributed by atoms with Crippen LogP contribution >= 0.6 is 0 Å². The lowest BCUT2D eigenvalue weighted by atomic mass is 10.1. The first-order valence-corrected chi connectivity index (χ1v) is 6.14. The monoisotopic (exact) mass is 266 g/mol. The summed E-state index contributed by atoms with van der Waals surface area (Å²) in [7, 11) is 0. The van der Waals surface area contributed by atoms with Crippen molar-refractivity contribution in [3.05, 3.63) is 65.2 Å². The molecule has 0 heterocycles. The van der Waals surface area contributed by atoms with E-state index in [0.717, 1.165) is 11.3 Å². The highest BCUT2D eigenvalue weighted by molar-refractivity contribution is 6.11. The van der Waals surface area contributed by atoms with Crippen LogP contribution in [-0.4, -0.2) is 10.9 Å². The standard InChI is InChI=1S/C16H14N2O2/c1-12-2-8-15(9-3-12)20-11-13-4-6-14(7-5-13)16(10-17)18-19/h2-9,19H,11H2,1H3. The lowest BCUT2D eigenvalue weighted by Crippen LogP contribution is -1.99. The second-order valence-electron chi connectivity index (χ2n) is 4.36. The molecule has 2 aromatic rings. The van der Waals surface area contributed by atoms with Crippen molar-refractivity contribution in [1.82, 2.24) is 0 Å². The molecule has 0 amide bonds. The molecule has 0 atom stereocenters. The van der Waals surface area contributed by atoms with Crippen LogP contribution in [0.3, 0.4) is 0 Å². The third kappa shape index (κ3) is 3.36. The number of benzene rings is 2. The molecule has 0 aliphatic heterocycles. The zero-order valence-corrected chi connectivity index (χ0v) is 11.1. The summed E-state index contributed by atoms with van der Waals surface area (Å²) in [5, 5.41) is 20.4. The molecular formula is C16H14N2O2. The number of hydrogen-bond acceptors (Lipinski definition) is 4. The quantitative estimate of drug-likeness (QED) is 0.524. The van der Waals surface area contributed by atoms with E-state index in [4.69, 9.17) is 15.2 Å². The minimum atomic E-state index is -0.00370. The Balaban J connectivity index is 2.01. The maximum Gasteiger partial charge on any atom is 0.186 e. The molecule has 1 N–H and O–H groups in total. The van der Waals surface area contributed by atoms with Crippen LogP contribution < -0.4 is 4.74 Å². The Labute approximate surface area is 117 Å². The van der Waals surface area contributed by atoms with Gasteiger partial charge in [0.25, 0.3) is 0 Å². The molecule has 4 heteroatoms. The molecule has 0 radical (unpaired) electrons. The molecule has 0 saturated carbocycles. The van der Waals surface area contributed by atoms with E-state index in [1.807, 2.05) is 49.4 Å². The minimum Gasteiger partial charge on any atom is -0.489 e. The van der Waals surface area contributed by atoms with Crippen molar-refractivity contribution in [2.45, 2.75) is 13.5 Å². The molecule has 0 fully saturated rings. The normalized spacial score (nSPS) is 10.9. The van der Waals surface area contributed by atoms with E-state index < -0.39 is 0 Å². The van der Waals surface area contributed by atoms with Crippen LogP contribution in [-0.2, 0) is 6.61 Å². The summed E-state index contributed by atoms with van der Waals surface area (Å²) in [5.74, 6) is 0.814. The molecular weight excluding hydrogens is 252 g/mol. The van der Waals surface area contributed by atoms with E-state index in [1.165, 1.54) is 5.56 Å². The predicted octanol–water partition coefficient (Wildman–Crippen LogP) is 3.28. The lowest BCUT2D eigenvalue weighted by Gasteiger charge is -2.07. The molecule has 20 heavy (non-hydrogen) atoms. The van der Waals surface area contributed by atoms with Crippen molar-refractivity contribution >= 4 is 5.71 Å². The van der Waals surface area contributed by atoms with Gasteiger partial charge in [-0.3, -0.25) is 0 Å². The highest BCUT2D eigenvalue weighted by Gasteiger charge is 2.03. The van der Waals surface area contributed by atoms with Gasteiger partial charge in [0.2, 0.25) is 0 Å². The Hall–Kier alpha value is -2.80. The summed E-state index contributed by atoms with van der Waals surface area (Å²) >= 11 is 0. The molecule has 2 aromatic carbocycles. The van der Waals surface area contributed by atoms with Gasteiger partial charge < -0.3 is 9.94 Å². The fourth-order valence-corrected chi connectivity index (χ4v) is 1.70. The minimum absolute atomic E-state index is 0.00370. The lowest BCUT2D eigenvalue weighted by molar-refractivity contribution is 0.306. The second-order valence-corrected chi connectivity index (χ2v) is 4.36. The van der Waals surface area contributed by atoms with E-state index in [2.05, 4.69) is 5.16 Å². The van der Waals surface area contributed by atoms with E-state index in [-0.39, 0.29) is 5.71 Å². The van der Waals surface area contributed by atoms with Gasteiger partial charge >= 0.3 is 0 Å². The number of ether oxygens (including phenoxy) is 1. The Kier molecular flexibility index (Phi) is 4.35. The van der Waals surface area contributed by atoms with Crippen molar-refractivity contribution in [2.75, 3.05) is 0 Å². The van der Waals surface area contributed by atoms with Crippen molar-refractivity contribution in [2.24, 2.45) is 5.16 Å². The number of rotatable bonds is 4. The Morgan fingerprint density at radius 2 is 1.80 bits per heavy atom. The molecule has 100 valence electrons. The zero-order valence-electron chi connectivity index (χ0n) is 11.1. The topological polar surface area (TPSA) is 65.6 Å². The van der Waals surface area contributed by atoms with Gasteiger partial charge in [-0.1, -0.05) is 47.1 Å². The first kappa shape index (κ1) is 13.6. The third-order valence-corrected chi connectivity index (χ3v) is 2.86. The van der Waals surface area contributed by atoms with Gasteiger partial charge in [0, 0.05) is 5.56 Å². The number of nitrogens with zero attached hydrogens (tertiary/aromatic N) is 2. The molecule has 0 saturated heterocycles. The van der Waals surface area contributed by atoms with Crippen LogP contribution in [0.15, 0.2) is 53.7 Å². The van der Waals surface area contributed by atoms with Gasteiger partial charge in [-0.25, -0.2) is 0 Å². The maximum absolute atomic E-state index is 8.76. The number of nitriles is 1. The summed E-state index contributed by atoms with van der Waals surface area (Å²) in [4.78, 5) is 0. The smallest absolute Gasteiger partial charge is 0.186 e. The summed E-state index contributed by atoms with van der Waals surface area (Å²) in [5.41, 5.74) is 2.74. The van der Waals surface area contributed by atoms with Crippen molar-refractivity contribution < 1.29 is 9.94 Å². The molecule has 2 rings (SSSR count). The summed E-state index contributed by atoms with van der Waals surface area (Å²) in [6, 6.07) is 16.8. The van der Waals surface area contributed by atoms with Gasteiger partial charge in [0.1, 0.15) is 18.4 Å². The molecule has 0 spiro atoms. The van der Waals surface area contributed by atoms with E-state index in [9.17, 15) is 0 Å². The van der Waals surface area contributed by atoms with Crippen LogP contribution in [0.4, 0.5) is 0 Å². The van der Waals surface area contributed by atoms with E-state index in [0.29, 0.717) is 12.2 Å². The van der Waals surface area contributed by atoms with Crippen LogP contribution in [0, 0.1) is 18.3 Å². The SMILES string of the molecule is Cc1ccc(OCc2ccc(C(C#N)=NO)cc2)cc1. The van der Waals surface area contributed by atoms with Gasteiger partial charge in [0.15, 0.2) is 5.71 Å². The predicted molar refractivity (Wildman–Crippen MR) is 75.9 cm³/mol. The van der Waals surface area contributed by atoms with Gasteiger partial charge in [-0.15, -0.1) is 0 Å². The Bertz CT molecular complexity index is 638. The highest BCUT2D eigenvalue weighted by atomic mass is 16.5. The van der Waals surface area contributed by atoms with Gasteiger partial charge in [-0.2, -0.15) is 5.26 Å². The van der Waals surface area contributed by atoms with Gasteiger partial charge in [0.05, 0.1) is 0 Å². The molecule has 0 unspecified atom stereocenters.